The molecule has 9 heteroatoms. The summed E-state index contributed by atoms with van der Waals surface area (Å²) < 4.78 is 52.9. The number of aliphatic hydroxyl groups excluding tert-OH is 1. The van der Waals surface area contributed by atoms with Gasteiger partial charge in [-0.25, -0.2) is 4.57 Å². The molecule has 14 heavy (non-hydrogen) atoms. The lowest BCUT2D eigenvalue weighted by Gasteiger charge is -2.14. The van der Waals surface area contributed by atoms with Crippen molar-refractivity contribution in [3.8, 4) is 0 Å². The van der Waals surface area contributed by atoms with E-state index in [0.717, 1.165) is 0 Å². The third-order valence-corrected chi connectivity index (χ3v) is 1.80. The molecule has 0 aromatic carbocycles. The Morgan fingerprint density at radius 1 is 1.43 bits per heavy atom. The van der Waals surface area contributed by atoms with Crippen LogP contribution in [0.3, 0.4) is 0 Å². The molecule has 0 aliphatic rings. The highest BCUT2D eigenvalue weighted by Gasteiger charge is 2.33. The summed E-state index contributed by atoms with van der Waals surface area (Å²) in [4.78, 5) is 8.63. The van der Waals surface area contributed by atoms with Crippen molar-refractivity contribution >= 4 is 7.82 Å². The molecule has 0 rings (SSSR count). The van der Waals surface area contributed by atoms with E-state index in [1.165, 1.54) is 6.92 Å². The Morgan fingerprint density at radius 3 is 2.29 bits per heavy atom. The molecule has 0 aromatic heterocycles. The number of hydrogen-bond donors (Lipinski definition) is 2. The number of phosphoric acid groups is 1. The highest BCUT2D eigenvalue weighted by atomic mass is 31.2. The molecule has 0 saturated carbocycles. The van der Waals surface area contributed by atoms with Gasteiger partial charge in [0.25, 0.3) is 0 Å². The molecule has 2 N–H and O–H groups in total. The summed E-state index contributed by atoms with van der Waals surface area (Å²) in [5, 5.41) is 8.61. The van der Waals surface area contributed by atoms with Crippen molar-refractivity contribution in [3.05, 3.63) is 0 Å². The van der Waals surface area contributed by atoms with Crippen LogP contribution in [-0.2, 0) is 13.6 Å². The van der Waals surface area contributed by atoms with E-state index in [2.05, 4.69) is 9.05 Å². The van der Waals surface area contributed by atoms with Gasteiger partial charge in [-0.3, -0.25) is 9.05 Å². The van der Waals surface area contributed by atoms with Crippen molar-refractivity contribution in [1.82, 2.24) is 0 Å². The minimum atomic E-state index is -4.72. The van der Waals surface area contributed by atoms with E-state index in [1.807, 2.05) is 0 Å². The van der Waals surface area contributed by atoms with E-state index in [1.54, 1.807) is 0 Å². The SMILES string of the molecule is CC(O)COP(=O)(O)OCC(F)(F)F. The minimum Gasteiger partial charge on any atom is -0.391 e. The highest BCUT2D eigenvalue weighted by Crippen LogP contribution is 2.44. The maximum absolute atomic E-state index is 11.5. The lowest BCUT2D eigenvalue weighted by atomic mass is 10.5. The van der Waals surface area contributed by atoms with E-state index < -0.39 is 33.3 Å². The normalized spacial score (nSPS) is 19.0. The second kappa shape index (κ2) is 5.09. The first kappa shape index (κ1) is 13.9. The van der Waals surface area contributed by atoms with Crippen molar-refractivity contribution < 1.29 is 36.8 Å². The van der Waals surface area contributed by atoms with Gasteiger partial charge in [0.2, 0.25) is 0 Å². The van der Waals surface area contributed by atoms with Crippen LogP contribution in [0.1, 0.15) is 6.92 Å². The summed E-state index contributed by atoms with van der Waals surface area (Å²) in [5.41, 5.74) is 0. The molecule has 5 nitrogen and oxygen atoms in total. The van der Waals surface area contributed by atoms with Crippen LogP contribution >= 0.6 is 7.82 Å². The van der Waals surface area contributed by atoms with Gasteiger partial charge in [0.15, 0.2) is 6.61 Å². The average Bonchev–Trinajstić information content (AvgIpc) is 1.97. The summed E-state index contributed by atoms with van der Waals surface area (Å²) in [7, 11) is -4.72. The second-order valence-corrected chi connectivity index (χ2v) is 3.96. The van der Waals surface area contributed by atoms with Gasteiger partial charge in [-0.15, -0.1) is 0 Å². The number of rotatable bonds is 5. The Hall–Kier alpha value is -0.140. The molecule has 86 valence electrons. The Kier molecular flexibility index (Phi) is 5.03. The number of alkyl halides is 3. The van der Waals surface area contributed by atoms with Gasteiger partial charge in [0.05, 0.1) is 12.7 Å². The van der Waals surface area contributed by atoms with E-state index >= 15 is 0 Å². The molecule has 0 spiro atoms. The molecule has 0 aliphatic carbocycles. The summed E-state index contributed by atoms with van der Waals surface area (Å²) in [5.74, 6) is 0. The van der Waals surface area contributed by atoms with Crippen LogP contribution in [0.15, 0.2) is 0 Å². The summed E-state index contributed by atoms with van der Waals surface area (Å²) in [6.07, 6.45) is -5.77. The molecule has 0 heterocycles. The van der Waals surface area contributed by atoms with E-state index in [-0.39, 0.29) is 0 Å². The fourth-order valence-electron chi connectivity index (χ4n) is 0.394. The number of phosphoric ester groups is 1. The Labute approximate surface area is 78.1 Å². The van der Waals surface area contributed by atoms with Crippen molar-refractivity contribution in [2.75, 3.05) is 13.2 Å². The first-order valence-electron chi connectivity index (χ1n) is 3.49. The van der Waals surface area contributed by atoms with Crippen molar-refractivity contribution in [2.45, 2.75) is 19.2 Å². The first-order valence-corrected chi connectivity index (χ1v) is 4.98. The summed E-state index contributed by atoms with van der Waals surface area (Å²) >= 11 is 0. The molecular formula is C5H10F3O5P. The molecule has 2 atom stereocenters. The zero-order chi connectivity index (χ0) is 11.4. The molecular weight excluding hydrogens is 228 g/mol. The van der Waals surface area contributed by atoms with Gasteiger partial charge in [0.1, 0.15) is 0 Å². The lowest BCUT2D eigenvalue weighted by Crippen LogP contribution is -2.17. The molecule has 0 bridgehead atoms. The third kappa shape index (κ3) is 8.46. The zero-order valence-electron chi connectivity index (χ0n) is 7.19. The Bertz CT molecular complexity index is 216. The van der Waals surface area contributed by atoms with Gasteiger partial charge >= 0.3 is 14.0 Å². The number of hydrogen-bond acceptors (Lipinski definition) is 4. The van der Waals surface area contributed by atoms with Gasteiger partial charge in [0, 0.05) is 0 Å². The van der Waals surface area contributed by atoms with Crippen LogP contribution in [0.25, 0.3) is 0 Å². The predicted molar refractivity (Wildman–Crippen MR) is 39.5 cm³/mol. The van der Waals surface area contributed by atoms with Crippen molar-refractivity contribution in [3.63, 3.8) is 0 Å². The molecule has 0 radical (unpaired) electrons. The number of aliphatic hydroxyl groups is 1. The largest absolute Gasteiger partial charge is 0.472 e. The monoisotopic (exact) mass is 238 g/mol. The van der Waals surface area contributed by atoms with E-state index in [4.69, 9.17) is 10.00 Å². The topological polar surface area (TPSA) is 76.0 Å². The van der Waals surface area contributed by atoms with Gasteiger partial charge in [-0.2, -0.15) is 13.2 Å². The lowest BCUT2D eigenvalue weighted by molar-refractivity contribution is -0.157. The summed E-state index contributed by atoms with van der Waals surface area (Å²) in [6.45, 7) is -1.21. The summed E-state index contributed by atoms with van der Waals surface area (Å²) in [6, 6.07) is 0. The van der Waals surface area contributed by atoms with Crippen LogP contribution < -0.4 is 0 Å². The fourth-order valence-corrected chi connectivity index (χ4v) is 1.18. The smallest absolute Gasteiger partial charge is 0.391 e. The predicted octanol–water partition coefficient (Wildman–Crippen LogP) is 1.06. The first-order chi connectivity index (χ1) is 6.12. The quantitative estimate of drug-likeness (QED) is 0.700. The maximum atomic E-state index is 11.5. The molecule has 0 aliphatic heterocycles. The van der Waals surface area contributed by atoms with Crippen LogP contribution in [-0.4, -0.2) is 35.5 Å². The van der Waals surface area contributed by atoms with Crippen LogP contribution in [0.2, 0.25) is 0 Å². The standard InChI is InChI=1S/C5H10F3O5P/c1-4(9)2-12-14(10,11)13-3-5(6,7)8/h4,9H,2-3H2,1H3,(H,10,11). The van der Waals surface area contributed by atoms with Crippen LogP contribution in [0.4, 0.5) is 13.2 Å². The molecule has 0 aromatic rings. The van der Waals surface area contributed by atoms with Crippen LogP contribution in [0.5, 0.6) is 0 Å². The van der Waals surface area contributed by atoms with E-state index in [0.29, 0.717) is 0 Å². The Balaban J connectivity index is 3.90. The van der Waals surface area contributed by atoms with Crippen molar-refractivity contribution in [1.29, 1.82) is 0 Å². The highest BCUT2D eigenvalue weighted by molar-refractivity contribution is 7.47. The molecule has 0 amide bonds. The molecule has 0 saturated heterocycles. The van der Waals surface area contributed by atoms with Gasteiger partial charge in [-0.1, -0.05) is 0 Å². The average molecular weight is 238 g/mol. The Morgan fingerprint density at radius 2 is 1.93 bits per heavy atom. The van der Waals surface area contributed by atoms with Crippen LogP contribution in [0, 0.1) is 0 Å². The fraction of sp³-hybridized carbons (Fsp3) is 1.00. The second-order valence-electron chi connectivity index (χ2n) is 2.50. The minimum absolute atomic E-state index is 0.578. The molecule has 2 unspecified atom stereocenters. The van der Waals surface area contributed by atoms with Crippen molar-refractivity contribution in [2.24, 2.45) is 0 Å². The molecule has 0 fully saturated rings. The third-order valence-electron chi connectivity index (χ3n) is 0.870. The maximum Gasteiger partial charge on any atom is 0.472 e. The number of halogens is 3. The van der Waals surface area contributed by atoms with Gasteiger partial charge < -0.3 is 10.00 Å². The van der Waals surface area contributed by atoms with E-state index in [9.17, 15) is 17.7 Å². The van der Waals surface area contributed by atoms with Gasteiger partial charge in [-0.05, 0) is 6.92 Å². The zero-order valence-corrected chi connectivity index (χ0v) is 8.09.